The molecule has 18 heavy (non-hydrogen) atoms. The highest BCUT2D eigenvalue weighted by Crippen LogP contribution is 2.41. The van der Waals surface area contributed by atoms with Crippen LogP contribution in [0.2, 0.25) is 5.02 Å². The number of aromatic nitrogens is 2. The van der Waals surface area contributed by atoms with Gasteiger partial charge in [0.1, 0.15) is 0 Å². The van der Waals surface area contributed by atoms with Gasteiger partial charge in [0, 0.05) is 23.1 Å². The molecule has 0 spiro atoms. The lowest BCUT2D eigenvalue weighted by Gasteiger charge is -2.06. The number of rotatable bonds is 4. The van der Waals surface area contributed by atoms with Crippen molar-refractivity contribution in [1.29, 1.82) is 0 Å². The highest BCUT2D eigenvalue weighted by atomic mass is 35.5. The third-order valence-corrected chi connectivity index (χ3v) is 3.51. The maximum absolute atomic E-state index is 5.92. The van der Waals surface area contributed by atoms with Gasteiger partial charge in [0.25, 0.3) is 0 Å². The first-order valence-corrected chi connectivity index (χ1v) is 6.70. The summed E-state index contributed by atoms with van der Waals surface area (Å²) in [6.07, 6.45) is 3.36. The van der Waals surface area contributed by atoms with Crippen molar-refractivity contribution >= 4 is 11.6 Å². The summed E-state index contributed by atoms with van der Waals surface area (Å²) < 4.78 is 2.04. The van der Waals surface area contributed by atoms with Gasteiger partial charge in [-0.25, -0.2) is 4.68 Å². The number of hydrogen-bond acceptors (Lipinski definition) is 2. The lowest BCUT2D eigenvalue weighted by Crippen LogP contribution is -2.04. The first kappa shape index (κ1) is 11.8. The van der Waals surface area contributed by atoms with Crippen molar-refractivity contribution in [3.8, 4) is 5.69 Å². The molecule has 0 atom stereocenters. The van der Waals surface area contributed by atoms with Crippen LogP contribution in [0.4, 0.5) is 0 Å². The molecule has 94 valence electrons. The molecule has 1 heterocycles. The third kappa shape index (κ3) is 2.28. The molecule has 0 radical (unpaired) electrons. The van der Waals surface area contributed by atoms with E-state index in [1.54, 1.807) is 0 Å². The summed E-state index contributed by atoms with van der Waals surface area (Å²) in [5.74, 6) is 0.666. The fraction of sp³-hybridized carbons (Fsp3) is 0.357. The van der Waals surface area contributed by atoms with E-state index in [0.29, 0.717) is 12.5 Å². The van der Waals surface area contributed by atoms with Gasteiger partial charge >= 0.3 is 0 Å². The SMILES string of the molecule is NCCc1cc(C2CC2)n(-c2ccc(Cl)cc2)n1. The third-order valence-electron chi connectivity index (χ3n) is 3.25. The summed E-state index contributed by atoms with van der Waals surface area (Å²) in [6.45, 7) is 0.641. The smallest absolute Gasteiger partial charge is 0.0650 e. The van der Waals surface area contributed by atoms with Gasteiger partial charge in [0.05, 0.1) is 11.4 Å². The minimum absolute atomic E-state index is 0.641. The van der Waals surface area contributed by atoms with Crippen molar-refractivity contribution in [2.24, 2.45) is 5.73 Å². The van der Waals surface area contributed by atoms with Gasteiger partial charge in [-0.3, -0.25) is 0 Å². The van der Waals surface area contributed by atoms with Crippen LogP contribution < -0.4 is 5.73 Å². The molecule has 1 aromatic carbocycles. The molecule has 2 N–H and O–H groups in total. The second-order valence-corrected chi connectivity index (χ2v) is 5.20. The Morgan fingerprint density at radius 2 is 2.00 bits per heavy atom. The lowest BCUT2D eigenvalue weighted by atomic mass is 10.2. The molecule has 3 nitrogen and oxygen atoms in total. The van der Waals surface area contributed by atoms with Crippen LogP contribution in [0.25, 0.3) is 5.69 Å². The number of benzene rings is 1. The zero-order valence-electron chi connectivity index (χ0n) is 10.1. The molecule has 4 heteroatoms. The molecule has 0 saturated heterocycles. The Hall–Kier alpha value is -1.32. The van der Waals surface area contributed by atoms with Gasteiger partial charge in [0.15, 0.2) is 0 Å². The second kappa shape index (κ2) is 4.75. The van der Waals surface area contributed by atoms with E-state index < -0.39 is 0 Å². The summed E-state index contributed by atoms with van der Waals surface area (Å²) in [4.78, 5) is 0. The monoisotopic (exact) mass is 261 g/mol. The average molecular weight is 262 g/mol. The van der Waals surface area contributed by atoms with Crippen LogP contribution in [0.15, 0.2) is 30.3 Å². The van der Waals surface area contributed by atoms with Gasteiger partial charge < -0.3 is 5.73 Å². The van der Waals surface area contributed by atoms with E-state index in [0.717, 1.165) is 22.8 Å². The molecule has 1 aliphatic carbocycles. The first-order valence-electron chi connectivity index (χ1n) is 6.33. The summed E-state index contributed by atoms with van der Waals surface area (Å²) in [7, 11) is 0. The summed E-state index contributed by atoms with van der Waals surface area (Å²) in [5, 5.41) is 5.41. The van der Waals surface area contributed by atoms with Crippen LogP contribution in [0.3, 0.4) is 0 Å². The molecule has 1 aliphatic rings. The molecule has 2 aromatic rings. The number of hydrogen-bond donors (Lipinski definition) is 1. The Balaban J connectivity index is 2.00. The molecule has 1 saturated carbocycles. The molecule has 0 aliphatic heterocycles. The maximum atomic E-state index is 5.92. The molecular formula is C14H16ClN3. The standard InChI is InChI=1S/C14H16ClN3/c15-11-3-5-13(6-4-11)18-14(10-1-2-10)9-12(17-18)7-8-16/h3-6,9-10H,1-2,7-8,16H2. The highest BCUT2D eigenvalue weighted by Gasteiger charge is 2.28. The molecule has 0 unspecified atom stereocenters. The van der Waals surface area contributed by atoms with Crippen molar-refractivity contribution in [1.82, 2.24) is 9.78 Å². The van der Waals surface area contributed by atoms with Gasteiger partial charge in [-0.1, -0.05) is 11.6 Å². The van der Waals surface area contributed by atoms with Gasteiger partial charge in [-0.15, -0.1) is 0 Å². The predicted molar refractivity (Wildman–Crippen MR) is 73.3 cm³/mol. The van der Waals surface area contributed by atoms with Crippen LogP contribution in [-0.4, -0.2) is 16.3 Å². The van der Waals surface area contributed by atoms with Crippen LogP contribution in [0.5, 0.6) is 0 Å². The van der Waals surface area contributed by atoms with Crippen molar-refractivity contribution < 1.29 is 0 Å². The largest absolute Gasteiger partial charge is 0.330 e. The van der Waals surface area contributed by atoms with E-state index in [1.165, 1.54) is 18.5 Å². The molecule has 1 fully saturated rings. The number of halogens is 1. The first-order chi connectivity index (χ1) is 8.78. The maximum Gasteiger partial charge on any atom is 0.0650 e. The molecule has 0 amide bonds. The fourth-order valence-electron chi connectivity index (χ4n) is 2.18. The summed E-state index contributed by atoms with van der Waals surface area (Å²) in [5.41, 5.74) is 9.06. The van der Waals surface area contributed by atoms with Crippen molar-refractivity contribution in [2.75, 3.05) is 6.54 Å². The van der Waals surface area contributed by atoms with Crippen molar-refractivity contribution in [2.45, 2.75) is 25.2 Å². The Morgan fingerprint density at radius 1 is 1.28 bits per heavy atom. The average Bonchev–Trinajstić information content (AvgIpc) is 3.13. The Kier molecular flexibility index (Phi) is 3.10. The summed E-state index contributed by atoms with van der Waals surface area (Å²) >= 11 is 5.92. The van der Waals surface area contributed by atoms with Gasteiger partial charge in [-0.05, 0) is 49.7 Å². The van der Waals surface area contributed by atoms with E-state index >= 15 is 0 Å². The van der Waals surface area contributed by atoms with Crippen molar-refractivity contribution in [3.63, 3.8) is 0 Å². The van der Waals surface area contributed by atoms with E-state index in [1.807, 2.05) is 28.9 Å². The zero-order chi connectivity index (χ0) is 12.5. The quantitative estimate of drug-likeness (QED) is 0.920. The van der Waals surface area contributed by atoms with E-state index in [4.69, 9.17) is 17.3 Å². The van der Waals surface area contributed by atoms with Gasteiger partial charge in [-0.2, -0.15) is 5.10 Å². The van der Waals surface area contributed by atoms with Crippen LogP contribution in [-0.2, 0) is 6.42 Å². The lowest BCUT2D eigenvalue weighted by molar-refractivity contribution is 0.781. The van der Waals surface area contributed by atoms with E-state index in [2.05, 4.69) is 11.2 Å². The van der Waals surface area contributed by atoms with Crippen LogP contribution in [0.1, 0.15) is 30.1 Å². The summed E-state index contributed by atoms with van der Waals surface area (Å²) in [6, 6.07) is 10.0. The topological polar surface area (TPSA) is 43.8 Å². The zero-order valence-corrected chi connectivity index (χ0v) is 10.9. The molecule has 3 rings (SSSR count). The Bertz CT molecular complexity index is 541. The van der Waals surface area contributed by atoms with Gasteiger partial charge in [0.2, 0.25) is 0 Å². The molecular weight excluding hydrogens is 246 g/mol. The van der Waals surface area contributed by atoms with Crippen LogP contribution in [0, 0.1) is 0 Å². The second-order valence-electron chi connectivity index (χ2n) is 4.76. The van der Waals surface area contributed by atoms with E-state index in [-0.39, 0.29) is 0 Å². The minimum atomic E-state index is 0.641. The highest BCUT2D eigenvalue weighted by molar-refractivity contribution is 6.30. The number of nitrogens with two attached hydrogens (primary N) is 1. The molecule has 0 bridgehead atoms. The van der Waals surface area contributed by atoms with Crippen LogP contribution >= 0.6 is 11.6 Å². The van der Waals surface area contributed by atoms with E-state index in [9.17, 15) is 0 Å². The Morgan fingerprint density at radius 3 is 2.61 bits per heavy atom. The fourth-order valence-corrected chi connectivity index (χ4v) is 2.30. The minimum Gasteiger partial charge on any atom is -0.330 e. The Labute approximate surface area is 112 Å². The predicted octanol–water partition coefficient (Wildman–Crippen LogP) is 2.90. The normalized spacial score (nSPS) is 15.0. The molecule has 1 aromatic heterocycles. The van der Waals surface area contributed by atoms with Crippen molar-refractivity contribution in [3.05, 3.63) is 46.7 Å². The number of nitrogens with zero attached hydrogens (tertiary/aromatic N) is 2.